The molecule has 1 aromatic carbocycles. The van der Waals surface area contributed by atoms with Crippen LogP contribution in [-0.4, -0.2) is 27.8 Å². The Hall–Kier alpha value is -3.15. The Morgan fingerprint density at radius 2 is 1.88 bits per heavy atom. The summed E-state index contributed by atoms with van der Waals surface area (Å²) in [5, 5.41) is 7.44. The molecular weight excluding hydrogens is 304 g/mol. The minimum atomic E-state index is -0.232. The van der Waals surface area contributed by atoms with Crippen LogP contribution in [0.15, 0.2) is 48.7 Å². The van der Waals surface area contributed by atoms with E-state index in [0.29, 0.717) is 17.1 Å². The van der Waals surface area contributed by atoms with Gasteiger partial charge in [-0.3, -0.25) is 4.79 Å². The van der Waals surface area contributed by atoms with E-state index >= 15 is 0 Å². The molecule has 3 rings (SSSR count). The lowest BCUT2D eigenvalue weighted by molar-refractivity contribution is 0.102. The molecule has 0 aliphatic carbocycles. The minimum Gasteiger partial charge on any atom is -0.481 e. The summed E-state index contributed by atoms with van der Waals surface area (Å²) in [4.78, 5) is 16.5. The van der Waals surface area contributed by atoms with Crippen molar-refractivity contribution in [2.45, 2.75) is 13.8 Å². The maximum absolute atomic E-state index is 12.4. The van der Waals surface area contributed by atoms with Crippen molar-refractivity contribution in [3.8, 4) is 11.6 Å². The Balaban J connectivity index is 1.87. The Kier molecular flexibility index (Phi) is 4.29. The predicted molar refractivity (Wildman–Crippen MR) is 91.8 cm³/mol. The number of ether oxygens (including phenoxy) is 1. The number of amides is 1. The van der Waals surface area contributed by atoms with Gasteiger partial charge in [0.1, 0.15) is 0 Å². The highest BCUT2D eigenvalue weighted by Crippen LogP contribution is 2.23. The van der Waals surface area contributed by atoms with Crippen molar-refractivity contribution in [2.24, 2.45) is 0 Å². The van der Waals surface area contributed by atoms with Crippen molar-refractivity contribution in [3.63, 3.8) is 0 Å². The van der Waals surface area contributed by atoms with Crippen LogP contribution in [0.5, 0.6) is 5.88 Å². The fourth-order valence-electron chi connectivity index (χ4n) is 2.47. The number of carbonyl (C=O) groups excluding carboxylic acids is 1. The van der Waals surface area contributed by atoms with Gasteiger partial charge in [0.05, 0.1) is 35.4 Å². The summed E-state index contributed by atoms with van der Waals surface area (Å²) in [5.74, 6) is 0.236. The zero-order valence-electron chi connectivity index (χ0n) is 13.8. The van der Waals surface area contributed by atoms with Gasteiger partial charge in [-0.05, 0) is 32.0 Å². The number of hydrogen-bond donors (Lipinski definition) is 1. The lowest BCUT2D eigenvalue weighted by Gasteiger charge is -2.07. The van der Waals surface area contributed by atoms with Crippen LogP contribution in [0.4, 0.5) is 5.69 Å². The Morgan fingerprint density at radius 1 is 1.12 bits per heavy atom. The van der Waals surface area contributed by atoms with Gasteiger partial charge in [-0.2, -0.15) is 5.10 Å². The van der Waals surface area contributed by atoms with Crippen LogP contribution in [-0.2, 0) is 0 Å². The van der Waals surface area contributed by atoms with E-state index in [2.05, 4.69) is 15.4 Å². The SMILES string of the molecule is COc1ccc(C(=O)Nc2c(C)nn(-c3ccccc3)c2C)cn1. The molecule has 0 spiro atoms. The molecule has 0 unspecified atom stereocenters. The number of para-hydroxylation sites is 1. The number of methoxy groups -OCH3 is 1. The van der Waals surface area contributed by atoms with Gasteiger partial charge < -0.3 is 10.1 Å². The number of pyridine rings is 1. The lowest BCUT2D eigenvalue weighted by Crippen LogP contribution is -2.13. The highest BCUT2D eigenvalue weighted by atomic mass is 16.5. The monoisotopic (exact) mass is 322 g/mol. The minimum absolute atomic E-state index is 0.232. The molecule has 1 amide bonds. The van der Waals surface area contributed by atoms with Crippen LogP contribution in [0.25, 0.3) is 5.69 Å². The number of hydrogen-bond acceptors (Lipinski definition) is 4. The van der Waals surface area contributed by atoms with Gasteiger partial charge in [0.15, 0.2) is 0 Å². The van der Waals surface area contributed by atoms with Gasteiger partial charge in [0.25, 0.3) is 5.91 Å². The highest BCUT2D eigenvalue weighted by Gasteiger charge is 2.16. The number of nitrogens with zero attached hydrogens (tertiary/aromatic N) is 3. The van der Waals surface area contributed by atoms with E-state index in [1.165, 1.54) is 13.3 Å². The Morgan fingerprint density at radius 3 is 2.50 bits per heavy atom. The first-order valence-electron chi connectivity index (χ1n) is 7.53. The van der Waals surface area contributed by atoms with Crippen molar-refractivity contribution in [3.05, 3.63) is 65.6 Å². The molecule has 1 N–H and O–H groups in total. The number of aryl methyl sites for hydroxylation is 1. The Bertz CT molecular complexity index is 855. The first-order valence-corrected chi connectivity index (χ1v) is 7.53. The molecule has 0 atom stereocenters. The van der Waals surface area contributed by atoms with E-state index in [-0.39, 0.29) is 5.91 Å². The van der Waals surface area contributed by atoms with Crippen molar-refractivity contribution < 1.29 is 9.53 Å². The molecule has 0 bridgehead atoms. The molecule has 0 saturated carbocycles. The van der Waals surface area contributed by atoms with Gasteiger partial charge in [-0.15, -0.1) is 0 Å². The van der Waals surface area contributed by atoms with E-state index in [1.807, 2.05) is 48.9 Å². The van der Waals surface area contributed by atoms with Crippen molar-refractivity contribution in [1.29, 1.82) is 0 Å². The molecule has 122 valence electrons. The topological polar surface area (TPSA) is 69.0 Å². The summed E-state index contributed by atoms with van der Waals surface area (Å²) < 4.78 is 6.82. The second-order valence-electron chi connectivity index (χ2n) is 5.34. The molecule has 6 nitrogen and oxygen atoms in total. The number of benzene rings is 1. The van der Waals surface area contributed by atoms with E-state index in [0.717, 1.165) is 17.1 Å². The number of aromatic nitrogens is 3. The number of anilines is 1. The Labute approximate surface area is 140 Å². The summed E-state index contributed by atoms with van der Waals surface area (Å²) in [6.45, 7) is 3.79. The van der Waals surface area contributed by atoms with E-state index in [4.69, 9.17) is 4.74 Å². The highest BCUT2D eigenvalue weighted by molar-refractivity contribution is 6.04. The third-order valence-corrected chi connectivity index (χ3v) is 3.74. The summed E-state index contributed by atoms with van der Waals surface area (Å²) in [6.07, 6.45) is 1.49. The first-order chi connectivity index (χ1) is 11.6. The maximum atomic E-state index is 12.4. The first kappa shape index (κ1) is 15.7. The van der Waals surface area contributed by atoms with Gasteiger partial charge in [-0.1, -0.05) is 18.2 Å². The molecular formula is C18H18N4O2. The van der Waals surface area contributed by atoms with Gasteiger partial charge in [0.2, 0.25) is 5.88 Å². The molecule has 0 aliphatic rings. The molecule has 0 fully saturated rings. The molecule has 3 aromatic rings. The van der Waals surface area contributed by atoms with Crippen molar-refractivity contribution in [1.82, 2.24) is 14.8 Å². The van der Waals surface area contributed by atoms with E-state index in [9.17, 15) is 4.79 Å². The average Bonchev–Trinajstić information content (AvgIpc) is 2.90. The third-order valence-electron chi connectivity index (χ3n) is 3.74. The summed E-state index contributed by atoms with van der Waals surface area (Å²) in [5.41, 5.74) is 3.74. The number of carbonyl (C=O) groups is 1. The lowest BCUT2D eigenvalue weighted by atomic mass is 10.2. The summed E-state index contributed by atoms with van der Waals surface area (Å²) in [6, 6.07) is 13.1. The van der Waals surface area contributed by atoms with Crippen LogP contribution in [0, 0.1) is 13.8 Å². The van der Waals surface area contributed by atoms with Gasteiger partial charge >= 0.3 is 0 Å². The third kappa shape index (κ3) is 2.99. The molecule has 2 aromatic heterocycles. The largest absolute Gasteiger partial charge is 0.481 e. The number of rotatable bonds is 4. The normalized spacial score (nSPS) is 10.5. The molecule has 0 radical (unpaired) electrons. The fraction of sp³-hybridized carbons (Fsp3) is 0.167. The second kappa shape index (κ2) is 6.54. The van der Waals surface area contributed by atoms with Gasteiger partial charge in [0, 0.05) is 12.3 Å². The van der Waals surface area contributed by atoms with Crippen molar-refractivity contribution in [2.75, 3.05) is 12.4 Å². The summed E-state index contributed by atoms with van der Waals surface area (Å²) >= 11 is 0. The van der Waals surface area contributed by atoms with Crippen LogP contribution in [0.1, 0.15) is 21.7 Å². The maximum Gasteiger partial charge on any atom is 0.257 e. The van der Waals surface area contributed by atoms with Gasteiger partial charge in [-0.25, -0.2) is 9.67 Å². The quantitative estimate of drug-likeness (QED) is 0.801. The summed E-state index contributed by atoms with van der Waals surface area (Å²) in [7, 11) is 1.53. The van der Waals surface area contributed by atoms with Crippen LogP contribution >= 0.6 is 0 Å². The van der Waals surface area contributed by atoms with Crippen molar-refractivity contribution >= 4 is 11.6 Å². The molecule has 0 saturated heterocycles. The average molecular weight is 322 g/mol. The molecule has 0 aliphatic heterocycles. The molecule has 2 heterocycles. The molecule has 6 heteroatoms. The van der Waals surface area contributed by atoms with Crippen LogP contribution in [0.2, 0.25) is 0 Å². The van der Waals surface area contributed by atoms with E-state index < -0.39 is 0 Å². The predicted octanol–water partition coefficient (Wildman–Crippen LogP) is 3.15. The smallest absolute Gasteiger partial charge is 0.257 e. The van der Waals surface area contributed by atoms with Crippen LogP contribution < -0.4 is 10.1 Å². The zero-order valence-corrected chi connectivity index (χ0v) is 13.8. The standard InChI is InChI=1S/C18H18N4O2/c1-12-17(13(2)22(21-12)15-7-5-4-6-8-15)20-18(23)14-9-10-16(24-3)19-11-14/h4-11H,1-3H3,(H,20,23). The van der Waals surface area contributed by atoms with Crippen LogP contribution in [0.3, 0.4) is 0 Å². The number of nitrogens with one attached hydrogen (secondary N) is 1. The van der Waals surface area contributed by atoms with E-state index in [1.54, 1.807) is 12.1 Å². The molecule has 24 heavy (non-hydrogen) atoms. The fourth-order valence-corrected chi connectivity index (χ4v) is 2.47. The zero-order chi connectivity index (χ0) is 17.1. The second-order valence-corrected chi connectivity index (χ2v) is 5.34.